The fourth-order valence-corrected chi connectivity index (χ4v) is 2.20. The summed E-state index contributed by atoms with van der Waals surface area (Å²) < 4.78 is 1.98. The highest BCUT2D eigenvalue weighted by atomic mass is 16.1. The molecule has 2 aromatic rings. The van der Waals surface area contributed by atoms with Gasteiger partial charge >= 0.3 is 0 Å². The Labute approximate surface area is 124 Å². The molecule has 6 heteroatoms. The molecule has 0 fully saturated rings. The molecule has 0 aliphatic heterocycles. The van der Waals surface area contributed by atoms with Crippen molar-refractivity contribution in [1.29, 1.82) is 0 Å². The van der Waals surface area contributed by atoms with Crippen LogP contribution in [0.3, 0.4) is 0 Å². The molecule has 0 aromatic carbocycles. The summed E-state index contributed by atoms with van der Waals surface area (Å²) in [7, 11) is 0. The van der Waals surface area contributed by atoms with Crippen molar-refractivity contribution in [3.63, 3.8) is 0 Å². The van der Waals surface area contributed by atoms with E-state index in [1.807, 2.05) is 23.6 Å². The predicted molar refractivity (Wildman–Crippen MR) is 79.4 cm³/mol. The largest absolute Gasteiger partial charge is 0.346 e. The molecule has 0 saturated heterocycles. The molecule has 1 atom stereocenters. The fraction of sp³-hybridized carbons (Fsp3) is 0.467. The van der Waals surface area contributed by atoms with Gasteiger partial charge in [-0.3, -0.25) is 9.78 Å². The smallest absolute Gasteiger partial charge is 0.220 e. The quantitative estimate of drug-likeness (QED) is 0.844. The van der Waals surface area contributed by atoms with Gasteiger partial charge in [-0.25, -0.2) is 0 Å². The standard InChI is InChI=1S/C15H21N5O/c1-3-10-20-11-17-19-15(20)12(2)18-14(21)5-4-13-6-8-16-9-7-13/h6-9,11-12H,3-5,10H2,1-2H3,(H,18,21). The van der Waals surface area contributed by atoms with Gasteiger partial charge in [-0.05, 0) is 37.5 Å². The van der Waals surface area contributed by atoms with E-state index in [9.17, 15) is 4.79 Å². The van der Waals surface area contributed by atoms with E-state index in [4.69, 9.17) is 0 Å². The minimum absolute atomic E-state index is 0.0189. The lowest BCUT2D eigenvalue weighted by atomic mass is 10.1. The second-order valence-electron chi connectivity index (χ2n) is 5.03. The number of carbonyl (C=O) groups is 1. The summed E-state index contributed by atoms with van der Waals surface area (Å²) in [6, 6.07) is 3.72. The molecule has 0 saturated carbocycles. The molecule has 2 rings (SSSR count). The number of nitrogens with one attached hydrogen (secondary N) is 1. The molecule has 2 aromatic heterocycles. The Morgan fingerprint density at radius 3 is 2.86 bits per heavy atom. The number of amides is 1. The van der Waals surface area contributed by atoms with Crippen LogP contribution in [0.1, 0.15) is 44.1 Å². The van der Waals surface area contributed by atoms with Crippen LogP contribution in [-0.4, -0.2) is 25.7 Å². The summed E-state index contributed by atoms with van der Waals surface area (Å²) in [5.74, 6) is 0.819. The molecule has 0 aliphatic rings. The van der Waals surface area contributed by atoms with E-state index in [1.165, 1.54) is 0 Å². The molecule has 0 bridgehead atoms. The van der Waals surface area contributed by atoms with Gasteiger partial charge in [0.2, 0.25) is 5.91 Å². The number of hydrogen-bond acceptors (Lipinski definition) is 4. The summed E-state index contributed by atoms with van der Waals surface area (Å²) >= 11 is 0. The molecule has 1 amide bonds. The first kappa shape index (κ1) is 15.2. The second kappa shape index (κ2) is 7.52. The lowest BCUT2D eigenvalue weighted by Crippen LogP contribution is -2.28. The van der Waals surface area contributed by atoms with Crippen molar-refractivity contribution in [2.75, 3.05) is 0 Å². The lowest BCUT2D eigenvalue weighted by Gasteiger charge is -2.14. The molecular weight excluding hydrogens is 266 g/mol. The zero-order chi connectivity index (χ0) is 15.1. The van der Waals surface area contributed by atoms with Gasteiger partial charge in [0, 0.05) is 25.4 Å². The van der Waals surface area contributed by atoms with Gasteiger partial charge in [0.15, 0.2) is 5.82 Å². The number of hydrogen-bond donors (Lipinski definition) is 1. The van der Waals surface area contributed by atoms with Crippen LogP contribution in [0.25, 0.3) is 0 Å². The minimum atomic E-state index is -0.135. The van der Waals surface area contributed by atoms with Crippen molar-refractivity contribution in [3.05, 3.63) is 42.2 Å². The molecule has 2 heterocycles. The van der Waals surface area contributed by atoms with Crippen LogP contribution in [0.5, 0.6) is 0 Å². The predicted octanol–water partition coefficient (Wildman–Crippen LogP) is 1.89. The summed E-state index contributed by atoms with van der Waals surface area (Å²) in [5.41, 5.74) is 1.11. The van der Waals surface area contributed by atoms with Gasteiger partial charge in [0.25, 0.3) is 0 Å². The Morgan fingerprint density at radius 1 is 1.38 bits per heavy atom. The number of aromatic nitrogens is 4. The van der Waals surface area contributed by atoms with E-state index in [0.29, 0.717) is 12.8 Å². The summed E-state index contributed by atoms with van der Waals surface area (Å²) in [4.78, 5) is 16.0. The fourth-order valence-electron chi connectivity index (χ4n) is 2.20. The Hall–Kier alpha value is -2.24. The number of carbonyl (C=O) groups excluding carboxylic acids is 1. The molecule has 1 N–H and O–H groups in total. The van der Waals surface area contributed by atoms with Crippen molar-refractivity contribution in [2.24, 2.45) is 0 Å². The molecule has 112 valence electrons. The van der Waals surface area contributed by atoms with Gasteiger partial charge in [-0.15, -0.1) is 10.2 Å². The molecule has 6 nitrogen and oxygen atoms in total. The van der Waals surface area contributed by atoms with E-state index in [2.05, 4.69) is 27.4 Å². The molecule has 0 aliphatic carbocycles. The number of aryl methyl sites for hydroxylation is 2. The van der Waals surface area contributed by atoms with E-state index in [1.54, 1.807) is 18.7 Å². The van der Waals surface area contributed by atoms with Crippen LogP contribution >= 0.6 is 0 Å². The number of pyridine rings is 1. The highest BCUT2D eigenvalue weighted by Gasteiger charge is 2.15. The van der Waals surface area contributed by atoms with Crippen molar-refractivity contribution >= 4 is 5.91 Å². The van der Waals surface area contributed by atoms with E-state index >= 15 is 0 Å². The van der Waals surface area contributed by atoms with Crippen LogP contribution < -0.4 is 5.32 Å². The summed E-state index contributed by atoms with van der Waals surface area (Å²) in [5, 5.41) is 11.0. The monoisotopic (exact) mass is 287 g/mol. The average Bonchev–Trinajstić information content (AvgIpc) is 2.95. The summed E-state index contributed by atoms with van der Waals surface area (Å²) in [6.45, 7) is 4.89. The van der Waals surface area contributed by atoms with Gasteiger partial charge in [-0.1, -0.05) is 6.92 Å². The molecule has 21 heavy (non-hydrogen) atoms. The van der Waals surface area contributed by atoms with Crippen LogP contribution in [0.15, 0.2) is 30.9 Å². The van der Waals surface area contributed by atoms with Gasteiger partial charge in [0.1, 0.15) is 6.33 Å². The van der Waals surface area contributed by atoms with E-state index in [-0.39, 0.29) is 11.9 Å². The van der Waals surface area contributed by atoms with Gasteiger partial charge < -0.3 is 9.88 Å². The van der Waals surface area contributed by atoms with Crippen LogP contribution in [-0.2, 0) is 17.8 Å². The first-order valence-corrected chi connectivity index (χ1v) is 7.26. The maximum absolute atomic E-state index is 12.0. The Bertz CT molecular complexity index is 566. The van der Waals surface area contributed by atoms with E-state index < -0.39 is 0 Å². The maximum atomic E-state index is 12.0. The number of rotatable bonds is 7. The number of nitrogens with zero attached hydrogens (tertiary/aromatic N) is 4. The third-order valence-corrected chi connectivity index (χ3v) is 3.26. The van der Waals surface area contributed by atoms with Crippen molar-refractivity contribution in [2.45, 2.75) is 45.7 Å². The van der Waals surface area contributed by atoms with Gasteiger partial charge in [0.05, 0.1) is 6.04 Å². The summed E-state index contributed by atoms with van der Waals surface area (Å²) in [6.07, 6.45) is 7.36. The normalized spacial score (nSPS) is 12.1. The molecule has 0 radical (unpaired) electrons. The van der Waals surface area contributed by atoms with Gasteiger partial charge in [-0.2, -0.15) is 0 Å². The Morgan fingerprint density at radius 2 is 2.14 bits per heavy atom. The van der Waals surface area contributed by atoms with Crippen LogP contribution in [0.4, 0.5) is 0 Å². The first-order valence-electron chi connectivity index (χ1n) is 7.26. The molecular formula is C15H21N5O. The van der Waals surface area contributed by atoms with Crippen molar-refractivity contribution in [1.82, 2.24) is 25.1 Å². The van der Waals surface area contributed by atoms with Crippen molar-refractivity contribution < 1.29 is 4.79 Å². The van der Waals surface area contributed by atoms with Crippen LogP contribution in [0, 0.1) is 0 Å². The third kappa shape index (κ3) is 4.37. The Kier molecular flexibility index (Phi) is 5.43. The zero-order valence-corrected chi connectivity index (χ0v) is 12.5. The average molecular weight is 287 g/mol. The lowest BCUT2D eigenvalue weighted by molar-refractivity contribution is -0.121. The third-order valence-electron chi connectivity index (χ3n) is 3.26. The topological polar surface area (TPSA) is 72.7 Å². The van der Waals surface area contributed by atoms with E-state index in [0.717, 1.165) is 24.4 Å². The molecule has 0 spiro atoms. The Balaban J connectivity index is 1.85. The first-order chi connectivity index (χ1) is 10.2. The van der Waals surface area contributed by atoms with Crippen molar-refractivity contribution in [3.8, 4) is 0 Å². The minimum Gasteiger partial charge on any atom is -0.346 e. The molecule has 1 unspecified atom stereocenters. The highest BCUT2D eigenvalue weighted by molar-refractivity contribution is 5.76. The maximum Gasteiger partial charge on any atom is 0.220 e. The SMILES string of the molecule is CCCn1cnnc1C(C)NC(=O)CCc1ccncc1. The second-order valence-corrected chi connectivity index (χ2v) is 5.03. The van der Waals surface area contributed by atoms with Crippen LogP contribution in [0.2, 0.25) is 0 Å². The zero-order valence-electron chi connectivity index (χ0n) is 12.5. The highest BCUT2D eigenvalue weighted by Crippen LogP contribution is 2.10.